The zero-order valence-electron chi connectivity index (χ0n) is 66.7. The van der Waals surface area contributed by atoms with E-state index in [-0.39, 0.29) is 69.7 Å². The molecule has 26 heteroatoms. The largest absolute Gasteiger partial charge is 0.397 e. The molecule has 14 heterocycles. The Hall–Kier alpha value is -11.0. The van der Waals surface area contributed by atoms with Gasteiger partial charge >= 0.3 is 0 Å². The molecule has 580 valence electrons. The Morgan fingerprint density at radius 1 is 0.518 bits per heavy atom. The Kier molecular flexibility index (Phi) is 26.9. The highest BCUT2D eigenvalue weighted by molar-refractivity contribution is 6.35. The third kappa shape index (κ3) is 18.2. The molecule has 0 amide bonds. The molecule has 3 N–H and O–H groups in total. The van der Waals surface area contributed by atoms with Gasteiger partial charge in [0.2, 0.25) is 0 Å². The van der Waals surface area contributed by atoms with E-state index in [2.05, 4.69) is 156 Å². The van der Waals surface area contributed by atoms with Crippen LogP contribution in [0, 0.1) is 30.4 Å². The minimum atomic E-state index is -0.507. The van der Waals surface area contributed by atoms with E-state index < -0.39 is 11.6 Å². The minimum absolute atomic E-state index is 0.0133. The van der Waals surface area contributed by atoms with Crippen LogP contribution in [-0.2, 0) is 32.4 Å². The Balaban J connectivity index is 0.000000145. The predicted molar refractivity (Wildman–Crippen MR) is 439 cm³/mol. The number of pyridine rings is 2. The highest BCUT2D eigenvalue weighted by Crippen LogP contribution is 2.38. The number of aliphatic imine (C=N–C) groups is 4. The number of allylic oxidation sites excluding steroid dienone is 5. The zero-order chi connectivity index (χ0) is 80.6. The van der Waals surface area contributed by atoms with Gasteiger partial charge in [0.05, 0.1) is 67.2 Å². The quantitative estimate of drug-likeness (QED) is 0.144. The van der Waals surface area contributed by atoms with E-state index in [1.54, 1.807) is 47.2 Å². The first-order chi connectivity index (χ1) is 52.0. The fourth-order valence-corrected chi connectivity index (χ4v) is 13.7. The van der Waals surface area contributed by atoms with Gasteiger partial charge in [-0.25, -0.2) is 33.7 Å². The first kappa shape index (κ1) is 83.1. The van der Waals surface area contributed by atoms with Crippen molar-refractivity contribution in [2.75, 3.05) is 5.73 Å². The van der Waals surface area contributed by atoms with Crippen molar-refractivity contribution < 1.29 is 28.0 Å². The number of nitrogens with zero attached hydrogens (tertiary/aromatic N) is 15. The molecule has 0 atom stereocenters. The van der Waals surface area contributed by atoms with Crippen molar-refractivity contribution in [2.24, 2.45) is 52.9 Å². The monoisotopic (exact) mass is 1520 g/mol. The van der Waals surface area contributed by atoms with Gasteiger partial charge in [0.25, 0.3) is 11.1 Å². The van der Waals surface area contributed by atoms with Crippen LogP contribution in [0.5, 0.6) is 0 Å². The summed E-state index contributed by atoms with van der Waals surface area (Å²) in [5.41, 5.74) is 21.3. The van der Waals surface area contributed by atoms with Gasteiger partial charge < -0.3 is 42.7 Å². The lowest BCUT2D eigenvalue weighted by atomic mass is 9.99. The fourth-order valence-electron chi connectivity index (χ4n) is 13.4. The van der Waals surface area contributed by atoms with Gasteiger partial charge in [-0.1, -0.05) is 79.1 Å². The highest BCUT2D eigenvalue weighted by atomic mass is 35.5. The highest BCUT2D eigenvalue weighted by Gasteiger charge is 2.29. The van der Waals surface area contributed by atoms with Crippen LogP contribution in [0.1, 0.15) is 238 Å². The van der Waals surface area contributed by atoms with E-state index in [0.29, 0.717) is 82.7 Å². The molecule has 4 aliphatic heterocycles. The molecule has 0 saturated carbocycles. The maximum Gasteiger partial charge on any atom is 0.265 e. The Morgan fingerprint density at radius 3 is 1.67 bits per heavy atom. The maximum absolute atomic E-state index is 13.5. The number of carbonyl (C=O) groups excluding carboxylic acids is 4. The number of nitrogens with two attached hydrogens (primary N) is 1. The number of aromatic amines is 1. The van der Waals surface area contributed by atoms with Crippen molar-refractivity contribution in [3.63, 3.8) is 0 Å². The molecule has 0 fully saturated rings. The number of nitrogens with one attached hydrogen (secondary N) is 1. The summed E-state index contributed by atoms with van der Waals surface area (Å²) in [6.07, 6.45) is 29.5. The third-order valence-electron chi connectivity index (χ3n) is 19.2. The van der Waals surface area contributed by atoms with Crippen LogP contribution >= 0.6 is 11.6 Å². The summed E-state index contributed by atoms with van der Waals surface area (Å²) in [5.74, 6) is 3.89. The molecular weight excluding hydrogens is 1420 g/mol. The molecule has 0 radical (unpaired) electrons. The van der Waals surface area contributed by atoms with E-state index in [9.17, 15) is 37.5 Å². The van der Waals surface area contributed by atoms with Gasteiger partial charge in [-0.3, -0.25) is 43.7 Å². The molecule has 110 heavy (non-hydrogen) atoms. The molecule has 16 rings (SSSR count). The van der Waals surface area contributed by atoms with Crippen LogP contribution in [0.2, 0.25) is 5.02 Å². The number of aromatic nitrogens is 12. The van der Waals surface area contributed by atoms with Crippen molar-refractivity contribution in [1.82, 2.24) is 56.9 Å². The second-order valence-electron chi connectivity index (χ2n) is 30.0. The number of halogens is 3. The standard InChI is InChI=1S/C11H15N3.C11H14N2O.C11H14N2.C11H13NO.C10H11ClN2O.C10H12FN3O.C10H11FN2O.C10H12N2O/c1-7(2)8-6-14(3)11-9(12)4-5-13-10(8)11;1-6(2)8-4-5-9-10(8)12-7(3)13-11(9)14;1-8(2)9-7-13(3)10-5-4-6-12-11(9)10;1-7(2)8-3-4-9-10(13)5-6-12-11(8)9;1-6(2)13-5-7(11)9-8(14)3-4-12-10(9)13;1-6(2)14-4-7(11)8-9(14)12-5-13(3)10(8)15;1-6(2)13-5-7(11)9-8(14)3-4-12-10(9)13;1-7(2)12-6-4-8-9(13)3-5-11-10(8)12/h4-7H,1-3H3,(H2,12,13);4,6H,5H2,1-3H3,(H,12,13,14);4-8H,1-3H3;3,6-7H,4-5H2,1-2H3;4-6H,3H2,1-2H3;4-6H,1-3H3;4-6H,3H2,1-2H3;4-7H,3H2,1-2H3. The lowest BCUT2D eigenvalue weighted by Crippen LogP contribution is -2.17. The molecule has 0 aromatic carbocycles. The van der Waals surface area contributed by atoms with Crippen LogP contribution in [0.4, 0.5) is 31.9 Å². The Bertz CT molecular complexity index is 5410. The van der Waals surface area contributed by atoms with Crippen LogP contribution < -0.4 is 16.9 Å². The predicted octanol–water partition coefficient (Wildman–Crippen LogP) is 18.2. The second kappa shape index (κ2) is 35.6. The molecule has 0 saturated heterocycles. The average Bonchev–Trinajstić information content (AvgIpc) is 1.65. The number of carbonyl (C=O) groups is 4. The molecule has 10 aromatic rings. The van der Waals surface area contributed by atoms with Crippen molar-refractivity contribution in [2.45, 2.75) is 192 Å². The SMILES string of the molecule is CC(C)C1=CCC2=C1N=CCC2=O.CC(C)c1cn(C)c2c(N)ccnc12.CC(C)c1cn(C)c2cccnc12.CC(C)n1cc(Cl)c2c1N=CCC2=O.CC(C)n1cc(F)c2c(=O)n(C)cnc21.CC(C)n1cc(F)c2c1N=CCC2=O.CC(C)n1ccc2c1N=CCC2=O.Cc1nc2c(c(=O)[nH]1)CC=C2C(C)C. The molecule has 2 aliphatic carbocycles. The Labute approximate surface area is 645 Å². The number of rotatable bonds is 8. The first-order valence-corrected chi connectivity index (χ1v) is 37.7. The number of nitrogen functional groups attached to an aromatic ring is 1. The summed E-state index contributed by atoms with van der Waals surface area (Å²) < 4.78 is 39.7. The minimum Gasteiger partial charge on any atom is -0.397 e. The average molecular weight is 1520 g/mol. The number of anilines is 1. The topological polar surface area (TPSA) is 280 Å². The van der Waals surface area contributed by atoms with E-state index >= 15 is 0 Å². The second-order valence-corrected chi connectivity index (χ2v) is 30.4. The van der Waals surface area contributed by atoms with Crippen LogP contribution in [0.3, 0.4) is 0 Å². The summed E-state index contributed by atoms with van der Waals surface area (Å²) in [5, 5.41) is 0.573. The normalized spacial score (nSPS) is 14.3. The molecule has 0 bridgehead atoms. The van der Waals surface area contributed by atoms with Gasteiger partial charge in [-0.2, -0.15) is 0 Å². The first-order valence-electron chi connectivity index (χ1n) is 37.3. The molecule has 0 spiro atoms. The molecular formula is C84H102ClF2N17O6. The van der Waals surface area contributed by atoms with Gasteiger partial charge in [-0.15, -0.1) is 0 Å². The number of H-pyrrole nitrogens is 1. The molecule has 6 aliphatic rings. The number of hydrogen-bond acceptors (Lipinski definition) is 15. The summed E-state index contributed by atoms with van der Waals surface area (Å²) in [4.78, 5) is 106. The van der Waals surface area contributed by atoms with Gasteiger partial charge in [0, 0.05) is 157 Å². The van der Waals surface area contributed by atoms with Gasteiger partial charge in [0.1, 0.15) is 28.7 Å². The third-order valence-corrected chi connectivity index (χ3v) is 19.5. The van der Waals surface area contributed by atoms with Crippen LogP contribution in [0.25, 0.3) is 38.7 Å². The van der Waals surface area contributed by atoms with E-state index in [1.807, 2.05) is 99.8 Å². The fraction of sp³-hybridized carbons (Fsp3) is 0.405. The summed E-state index contributed by atoms with van der Waals surface area (Å²) >= 11 is 5.99. The number of fused-ring (bicyclic) bond motifs is 7. The van der Waals surface area contributed by atoms with Crippen molar-refractivity contribution >= 4 is 121 Å². The molecule has 23 nitrogen and oxygen atoms in total. The van der Waals surface area contributed by atoms with Gasteiger partial charge in [-0.05, 0) is 145 Å². The summed E-state index contributed by atoms with van der Waals surface area (Å²) in [6, 6.07) is 8.58. The molecule has 10 aromatic heterocycles. The number of ketones is 4. The summed E-state index contributed by atoms with van der Waals surface area (Å²) in [6.45, 7) is 35.0. The van der Waals surface area contributed by atoms with Gasteiger partial charge in [0.15, 0.2) is 40.4 Å². The number of aryl methyl sites for hydroxylation is 4. The summed E-state index contributed by atoms with van der Waals surface area (Å²) in [7, 11) is 5.63. The van der Waals surface area contributed by atoms with E-state index in [0.717, 1.165) is 69.0 Å². The Morgan fingerprint density at radius 2 is 1.05 bits per heavy atom. The smallest absolute Gasteiger partial charge is 0.265 e. The zero-order valence-corrected chi connectivity index (χ0v) is 67.5. The molecule has 0 unspecified atom stereocenters. The number of Topliss-reactive ketones (excluding diaryl/α,β-unsaturated/α-hetero) is 4. The maximum atomic E-state index is 13.5. The van der Waals surface area contributed by atoms with Crippen molar-refractivity contribution in [3.8, 4) is 0 Å². The van der Waals surface area contributed by atoms with Crippen LogP contribution in [0.15, 0.2) is 139 Å². The van der Waals surface area contributed by atoms with Crippen LogP contribution in [-0.4, -0.2) is 105 Å². The van der Waals surface area contributed by atoms with E-state index in [4.69, 9.17) is 17.3 Å². The number of hydrogen-bond donors (Lipinski definition) is 2. The lowest BCUT2D eigenvalue weighted by molar-refractivity contribution is -0.114. The van der Waals surface area contributed by atoms with Crippen molar-refractivity contribution in [1.29, 1.82) is 0 Å². The lowest BCUT2D eigenvalue weighted by Gasteiger charge is -2.12. The van der Waals surface area contributed by atoms with E-state index in [1.165, 1.54) is 57.3 Å². The van der Waals surface area contributed by atoms with Crippen molar-refractivity contribution in [3.05, 3.63) is 191 Å².